The number of para-hydroxylation sites is 1. The van der Waals surface area contributed by atoms with Gasteiger partial charge >= 0.3 is 0 Å². The summed E-state index contributed by atoms with van der Waals surface area (Å²) < 4.78 is 6.90. The monoisotopic (exact) mass is 500 g/mol. The van der Waals surface area contributed by atoms with E-state index in [9.17, 15) is 14.7 Å². The molecule has 6 nitrogen and oxygen atoms in total. The number of likely N-dealkylation sites (tertiary alicyclic amines) is 1. The van der Waals surface area contributed by atoms with Crippen molar-refractivity contribution in [2.75, 3.05) is 27.2 Å². The molecule has 1 aliphatic heterocycles. The summed E-state index contributed by atoms with van der Waals surface area (Å²) in [6, 6.07) is 12.0. The molecule has 0 aromatic heterocycles. The summed E-state index contributed by atoms with van der Waals surface area (Å²) in [4.78, 5) is 29.7. The van der Waals surface area contributed by atoms with Crippen LogP contribution >= 0.6 is 15.9 Å². The molecule has 2 aromatic rings. The third-order valence-electron chi connectivity index (χ3n) is 5.34. The minimum Gasteiger partial charge on any atom is -0.507 e. The standard InChI is InChI=1S/C25H29BrN2O4/c1-15(2)32-20-9-7-6-8-18(20)22-21(23(29)17-10-11-19(26)16(3)14-17)24(30)25(31)28(22)13-12-27(4)5/h6-11,14-15,22,29H,12-13H2,1-5H3/b23-21-. The van der Waals surface area contributed by atoms with Crippen molar-refractivity contribution in [3.8, 4) is 5.75 Å². The molecule has 1 unspecified atom stereocenters. The Hall–Kier alpha value is -2.64. The van der Waals surface area contributed by atoms with Crippen LogP contribution in [0.25, 0.3) is 5.76 Å². The van der Waals surface area contributed by atoms with Crippen LogP contribution in [0, 0.1) is 6.92 Å². The Morgan fingerprint density at radius 2 is 1.88 bits per heavy atom. The van der Waals surface area contributed by atoms with Crippen LogP contribution in [0.3, 0.4) is 0 Å². The Balaban J connectivity index is 2.21. The van der Waals surface area contributed by atoms with Crippen LogP contribution in [-0.2, 0) is 9.59 Å². The number of carbonyl (C=O) groups is 2. The third-order valence-corrected chi connectivity index (χ3v) is 6.23. The van der Waals surface area contributed by atoms with Crippen molar-refractivity contribution in [2.45, 2.75) is 32.9 Å². The number of carbonyl (C=O) groups excluding carboxylic acids is 2. The Labute approximate surface area is 197 Å². The predicted octanol–water partition coefficient (Wildman–Crippen LogP) is 4.53. The van der Waals surface area contributed by atoms with Gasteiger partial charge < -0.3 is 19.6 Å². The van der Waals surface area contributed by atoms with Crippen LogP contribution in [0.5, 0.6) is 5.75 Å². The third kappa shape index (κ3) is 4.89. The Morgan fingerprint density at radius 1 is 1.19 bits per heavy atom. The lowest BCUT2D eigenvalue weighted by molar-refractivity contribution is -0.140. The lowest BCUT2D eigenvalue weighted by Gasteiger charge is -2.28. The summed E-state index contributed by atoms with van der Waals surface area (Å²) in [5.74, 6) is -0.907. The average molecular weight is 501 g/mol. The van der Waals surface area contributed by atoms with Crippen LogP contribution in [0.2, 0.25) is 0 Å². The number of rotatable bonds is 7. The number of Topliss-reactive ketones (excluding diaryl/α,β-unsaturated/α-hetero) is 1. The number of ketones is 1. The van der Waals surface area contributed by atoms with E-state index in [1.54, 1.807) is 12.1 Å². The number of aliphatic hydroxyl groups is 1. The normalized spacial score (nSPS) is 18.1. The zero-order valence-corrected chi connectivity index (χ0v) is 20.6. The molecule has 0 radical (unpaired) electrons. The maximum absolute atomic E-state index is 13.2. The van der Waals surface area contributed by atoms with Crippen LogP contribution in [0.15, 0.2) is 52.5 Å². The summed E-state index contributed by atoms with van der Waals surface area (Å²) in [5, 5.41) is 11.2. The van der Waals surface area contributed by atoms with Crippen LogP contribution in [0.1, 0.15) is 36.6 Å². The number of aliphatic hydroxyl groups excluding tert-OH is 1. The molecule has 7 heteroatoms. The average Bonchev–Trinajstić information content (AvgIpc) is 2.98. The van der Waals surface area contributed by atoms with Crippen molar-refractivity contribution in [3.63, 3.8) is 0 Å². The fourth-order valence-corrected chi connectivity index (χ4v) is 4.00. The molecule has 0 aliphatic carbocycles. The number of hydrogen-bond acceptors (Lipinski definition) is 5. The Bertz CT molecular complexity index is 1060. The molecule has 1 fully saturated rings. The minimum atomic E-state index is -0.742. The summed E-state index contributed by atoms with van der Waals surface area (Å²) >= 11 is 3.46. The van der Waals surface area contributed by atoms with Crippen molar-refractivity contribution >= 4 is 33.4 Å². The highest BCUT2D eigenvalue weighted by molar-refractivity contribution is 9.10. The maximum atomic E-state index is 13.2. The molecule has 1 heterocycles. The fourth-order valence-electron chi connectivity index (χ4n) is 3.76. The number of halogens is 1. The highest BCUT2D eigenvalue weighted by Crippen LogP contribution is 2.43. The van der Waals surface area contributed by atoms with Gasteiger partial charge in [-0.15, -0.1) is 0 Å². The van der Waals surface area contributed by atoms with Crippen molar-refractivity contribution in [2.24, 2.45) is 0 Å². The van der Waals surface area contributed by atoms with Gasteiger partial charge in [-0.05, 0) is 58.6 Å². The second kappa shape index (κ2) is 9.88. The van der Waals surface area contributed by atoms with Gasteiger partial charge in [0.05, 0.1) is 17.7 Å². The number of aryl methyl sites for hydroxylation is 1. The quantitative estimate of drug-likeness (QED) is 0.343. The van der Waals surface area contributed by atoms with Crippen molar-refractivity contribution in [1.82, 2.24) is 9.80 Å². The molecule has 0 bridgehead atoms. The number of likely N-dealkylation sites (N-methyl/N-ethyl adjacent to an activating group) is 1. The molecule has 0 spiro atoms. The first kappa shape index (κ1) is 24.0. The van der Waals surface area contributed by atoms with E-state index in [0.29, 0.717) is 30.0 Å². The second-order valence-electron chi connectivity index (χ2n) is 8.46. The summed E-state index contributed by atoms with van der Waals surface area (Å²) in [7, 11) is 3.82. The van der Waals surface area contributed by atoms with E-state index in [-0.39, 0.29) is 17.4 Å². The van der Waals surface area contributed by atoms with E-state index in [2.05, 4.69) is 15.9 Å². The lowest BCUT2D eigenvalue weighted by atomic mass is 9.94. The lowest BCUT2D eigenvalue weighted by Crippen LogP contribution is -2.35. The zero-order chi connectivity index (χ0) is 23.6. The highest BCUT2D eigenvalue weighted by Gasteiger charge is 2.46. The molecule has 1 aliphatic rings. The predicted molar refractivity (Wildman–Crippen MR) is 129 cm³/mol. The first-order valence-corrected chi connectivity index (χ1v) is 11.4. The van der Waals surface area contributed by atoms with Gasteiger partial charge in [-0.1, -0.05) is 40.2 Å². The van der Waals surface area contributed by atoms with Gasteiger partial charge in [-0.2, -0.15) is 0 Å². The van der Waals surface area contributed by atoms with Crippen LogP contribution in [0.4, 0.5) is 0 Å². The molecule has 1 amide bonds. The van der Waals surface area contributed by atoms with E-state index in [0.717, 1.165) is 10.0 Å². The SMILES string of the molecule is Cc1cc(/C(O)=C2/C(=O)C(=O)N(CCN(C)C)C2c2ccccc2OC(C)C)ccc1Br. The number of ether oxygens (including phenoxy) is 1. The molecule has 32 heavy (non-hydrogen) atoms. The molecule has 170 valence electrons. The number of hydrogen-bond donors (Lipinski definition) is 1. The Kier molecular flexibility index (Phi) is 7.41. The number of amides is 1. The number of nitrogens with zero attached hydrogens (tertiary/aromatic N) is 2. The first-order valence-electron chi connectivity index (χ1n) is 10.6. The highest BCUT2D eigenvalue weighted by atomic mass is 79.9. The molecule has 1 atom stereocenters. The molecule has 0 saturated carbocycles. The fraction of sp³-hybridized carbons (Fsp3) is 0.360. The van der Waals surface area contributed by atoms with Crippen LogP contribution < -0.4 is 4.74 Å². The molecule has 1 saturated heterocycles. The zero-order valence-electron chi connectivity index (χ0n) is 19.1. The maximum Gasteiger partial charge on any atom is 0.295 e. The second-order valence-corrected chi connectivity index (χ2v) is 9.32. The van der Waals surface area contributed by atoms with Crippen molar-refractivity contribution in [3.05, 3.63) is 69.2 Å². The minimum absolute atomic E-state index is 0.0790. The van der Waals surface area contributed by atoms with Crippen molar-refractivity contribution < 1.29 is 19.4 Å². The van der Waals surface area contributed by atoms with Gasteiger partial charge in [0.25, 0.3) is 11.7 Å². The first-order chi connectivity index (χ1) is 15.1. The molecule has 3 rings (SSSR count). The van der Waals surface area contributed by atoms with E-state index in [4.69, 9.17) is 4.74 Å². The molecule has 1 N–H and O–H groups in total. The molecule has 2 aromatic carbocycles. The smallest absolute Gasteiger partial charge is 0.295 e. The van der Waals surface area contributed by atoms with Gasteiger partial charge in [0, 0.05) is 28.7 Å². The van der Waals surface area contributed by atoms with E-state index in [1.807, 2.05) is 70.1 Å². The largest absolute Gasteiger partial charge is 0.507 e. The summed E-state index contributed by atoms with van der Waals surface area (Å²) in [6.45, 7) is 6.66. The molecular formula is C25H29BrN2O4. The topological polar surface area (TPSA) is 70.1 Å². The molecular weight excluding hydrogens is 472 g/mol. The van der Waals surface area contributed by atoms with E-state index >= 15 is 0 Å². The van der Waals surface area contributed by atoms with Crippen LogP contribution in [-0.4, -0.2) is 59.9 Å². The van der Waals surface area contributed by atoms with Gasteiger partial charge in [-0.3, -0.25) is 9.59 Å². The summed E-state index contributed by atoms with van der Waals surface area (Å²) in [5.41, 5.74) is 2.16. The Morgan fingerprint density at radius 3 is 2.50 bits per heavy atom. The van der Waals surface area contributed by atoms with Gasteiger partial charge in [0.1, 0.15) is 11.5 Å². The number of benzene rings is 2. The van der Waals surface area contributed by atoms with Crippen molar-refractivity contribution in [1.29, 1.82) is 0 Å². The van der Waals surface area contributed by atoms with Gasteiger partial charge in [0.2, 0.25) is 0 Å². The van der Waals surface area contributed by atoms with E-state index in [1.165, 1.54) is 4.90 Å². The summed E-state index contributed by atoms with van der Waals surface area (Å²) in [6.07, 6.45) is -0.0886. The van der Waals surface area contributed by atoms with Gasteiger partial charge in [0.15, 0.2) is 0 Å². The van der Waals surface area contributed by atoms with Gasteiger partial charge in [-0.25, -0.2) is 0 Å². The van der Waals surface area contributed by atoms with E-state index < -0.39 is 17.7 Å².